The van der Waals surface area contributed by atoms with Crippen LogP contribution in [0.25, 0.3) is 21.5 Å². The molecule has 0 unspecified atom stereocenters. The summed E-state index contributed by atoms with van der Waals surface area (Å²) in [6.45, 7) is 4.27. The molecule has 0 fully saturated rings. The van der Waals surface area contributed by atoms with Crippen LogP contribution in [0.1, 0.15) is 49.9 Å². The Balaban J connectivity index is 1.90. The van der Waals surface area contributed by atoms with Gasteiger partial charge in [0.15, 0.2) is 0 Å². The second kappa shape index (κ2) is 8.26. The van der Waals surface area contributed by atoms with Crippen LogP contribution in [0, 0.1) is 0 Å². The Labute approximate surface area is 153 Å². The Kier molecular flexibility index (Phi) is 5.82. The highest BCUT2D eigenvalue weighted by atomic mass is 32.1. The predicted molar refractivity (Wildman–Crippen MR) is 106 cm³/mol. The third-order valence-electron chi connectivity index (χ3n) is 4.35. The van der Waals surface area contributed by atoms with Crippen molar-refractivity contribution < 1.29 is 4.79 Å². The number of benzene rings is 1. The smallest absolute Gasteiger partial charge is 0.252 e. The molecule has 0 aliphatic rings. The number of para-hydroxylation sites is 1. The number of rotatable bonds is 7. The summed E-state index contributed by atoms with van der Waals surface area (Å²) in [4.78, 5) is 18.7. The second-order valence-electron chi connectivity index (χ2n) is 6.42. The molecule has 1 atom stereocenters. The molecule has 0 aliphatic carbocycles. The number of fused-ring (bicyclic) bond motifs is 1. The molecule has 25 heavy (non-hydrogen) atoms. The van der Waals surface area contributed by atoms with E-state index in [4.69, 9.17) is 4.98 Å². The maximum Gasteiger partial charge on any atom is 0.252 e. The standard InChI is InChI=1S/C21H24N2OS/c1-3-4-5-9-15(2)22-21(24)17-14-19(20-12-8-13-25-20)23-18-11-7-6-10-16(17)18/h6-8,10-15H,3-5,9H2,1-2H3,(H,22,24)/t15-/m0/s1. The van der Waals surface area contributed by atoms with Crippen LogP contribution >= 0.6 is 11.3 Å². The van der Waals surface area contributed by atoms with Gasteiger partial charge in [-0.3, -0.25) is 4.79 Å². The van der Waals surface area contributed by atoms with Crippen LogP contribution in [0.15, 0.2) is 47.8 Å². The fourth-order valence-corrected chi connectivity index (χ4v) is 3.67. The van der Waals surface area contributed by atoms with Crippen molar-refractivity contribution in [3.05, 3.63) is 53.4 Å². The van der Waals surface area contributed by atoms with E-state index in [9.17, 15) is 4.79 Å². The Bertz CT molecular complexity index is 842. The highest BCUT2D eigenvalue weighted by molar-refractivity contribution is 7.13. The summed E-state index contributed by atoms with van der Waals surface area (Å²) in [6, 6.07) is 14.0. The largest absolute Gasteiger partial charge is 0.350 e. The van der Waals surface area contributed by atoms with E-state index in [2.05, 4.69) is 19.2 Å². The Morgan fingerprint density at radius 3 is 2.80 bits per heavy atom. The zero-order valence-electron chi connectivity index (χ0n) is 14.8. The van der Waals surface area contributed by atoms with Crippen molar-refractivity contribution in [2.75, 3.05) is 0 Å². The maximum absolute atomic E-state index is 12.9. The van der Waals surface area contributed by atoms with Crippen molar-refractivity contribution in [2.24, 2.45) is 0 Å². The van der Waals surface area contributed by atoms with Crippen LogP contribution in [0.3, 0.4) is 0 Å². The fraction of sp³-hybridized carbons (Fsp3) is 0.333. The first-order valence-corrected chi connectivity index (χ1v) is 9.81. The van der Waals surface area contributed by atoms with E-state index < -0.39 is 0 Å². The van der Waals surface area contributed by atoms with Crippen molar-refractivity contribution in [1.29, 1.82) is 0 Å². The van der Waals surface area contributed by atoms with E-state index in [1.54, 1.807) is 11.3 Å². The zero-order chi connectivity index (χ0) is 17.6. The average molecular weight is 353 g/mol. The van der Waals surface area contributed by atoms with E-state index >= 15 is 0 Å². The van der Waals surface area contributed by atoms with E-state index in [0.29, 0.717) is 5.56 Å². The van der Waals surface area contributed by atoms with Gasteiger partial charge in [-0.2, -0.15) is 0 Å². The van der Waals surface area contributed by atoms with Gasteiger partial charge in [-0.25, -0.2) is 4.98 Å². The third-order valence-corrected chi connectivity index (χ3v) is 5.24. The minimum absolute atomic E-state index is 0.0135. The number of thiophene rings is 1. The van der Waals surface area contributed by atoms with Gasteiger partial charge in [0.05, 0.1) is 21.7 Å². The number of amides is 1. The topological polar surface area (TPSA) is 42.0 Å². The van der Waals surface area contributed by atoms with Gasteiger partial charge in [0.1, 0.15) is 0 Å². The summed E-state index contributed by atoms with van der Waals surface area (Å²) >= 11 is 1.64. The number of unbranched alkanes of at least 4 members (excludes halogenated alkanes) is 2. The number of aromatic nitrogens is 1. The molecule has 130 valence electrons. The lowest BCUT2D eigenvalue weighted by Crippen LogP contribution is -2.32. The molecule has 2 heterocycles. The SMILES string of the molecule is CCCCC[C@H](C)NC(=O)c1cc(-c2cccs2)nc2ccccc12. The summed E-state index contributed by atoms with van der Waals surface area (Å²) in [5.41, 5.74) is 2.42. The van der Waals surface area contributed by atoms with Crippen molar-refractivity contribution in [1.82, 2.24) is 10.3 Å². The molecular weight excluding hydrogens is 328 g/mol. The molecule has 3 rings (SSSR count). The molecule has 0 spiro atoms. The van der Waals surface area contributed by atoms with Gasteiger partial charge >= 0.3 is 0 Å². The van der Waals surface area contributed by atoms with E-state index in [-0.39, 0.29) is 11.9 Å². The molecule has 1 aromatic carbocycles. The first-order valence-electron chi connectivity index (χ1n) is 8.93. The number of nitrogens with zero attached hydrogens (tertiary/aromatic N) is 1. The lowest BCUT2D eigenvalue weighted by molar-refractivity contribution is 0.0939. The molecule has 1 N–H and O–H groups in total. The number of hydrogen-bond acceptors (Lipinski definition) is 3. The number of hydrogen-bond donors (Lipinski definition) is 1. The van der Waals surface area contributed by atoms with E-state index in [0.717, 1.165) is 34.3 Å². The lowest BCUT2D eigenvalue weighted by Gasteiger charge is -2.15. The normalized spacial score (nSPS) is 12.2. The average Bonchev–Trinajstić information content (AvgIpc) is 3.15. The molecule has 4 heteroatoms. The summed E-state index contributed by atoms with van der Waals surface area (Å²) in [5, 5.41) is 6.09. The highest BCUT2D eigenvalue weighted by Crippen LogP contribution is 2.28. The quantitative estimate of drug-likeness (QED) is 0.557. The van der Waals surface area contributed by atoms with E-state index in [1.165, 1.54) is 12.8 Å². The van der Waals surface area contributed by atoms with Crippen LogP contribution in [0.4, 0.5) is 0 Å². The van der Waals surface area contributed by atoms with Gasteiger partial charge in [0, 0.05) is 11.4 Å². The number of pyridine rings is 1. The van der Waals surface area contributed by atoms with Gasteiger partial charge in [0.25, 0.3) is 5.91 Å². The Morgan fingerprint density at radius 2 is 2.04 bits per heavy atom. The van der Waals surface area contributed by atoms with Crippen molar-refractivity contribution in [3.8, 4) is 10.6 Å². The molecule has 0 saturated heterocycles. The number of nitrogens with one attached hydrogen (secondary N) is 1. The summed E-state index contributed by atoms with van der Waals surface area (Å²) in [5.74, 6) is -0.0135. The molecule has 3 aromatic rings. The molecule has 1 amide bonds. The third kappa shape index (κ3) is 4.26. The zero-order valence-corrected chi connectivity index (χ0v) is 15.6. The number of carbonyl (C=O) groups is 1. The van der Waals surface area contributed by atoms with Crippen LogP contribution in [-0.2, 0) is 0 Å². The first kappa shape index (κ1) is 17.6. The molecule has 3 nitrogen and oxygen atoms in total. The van der Waals surface area contributed by atoms with Crippen LogP contribution in [0.5, 0.6) is 0 Å². The number of carbonyl (C=O) groups excluding carboxylic acids is 1. The van der Waals surface area contributed by atoms with E-state index in [1.807, 2.05) is 47.8 Å². The van der Waals surface area contributed by atoms with Gasteiger partial charge in [-0.05, 0) is 36.9 Å². The van der Waals surface area contributed by atoms with Gasteiger partial charge < -0.3 is 5.32 Å². The molecule has 0 saturated carbocycles. The fourth-order valence-electron chi connectivity index (χ4n) is 2.99. The van der Waals surface area contributed by atoms with Gasteiger partial charge in [-0.1, -0.05) is 50.5 Å². The van der Waals surface area contributed by atoms with Crippen molar-refractivity contribution in [2.45, 2.75) is 45.6 Å². The Morgan fingerprint density at radius 1 is 1.20 bits per heavy atom. The first-order chi connectivity index (χ1) is 12.2. The van der Waals surface area contributed by atoms with Crippen LogP contribution in [0.2, 0.25) is 0 Å². The van der Waals surface area contributed by atoms with Gasteiger partial charge in [0.2, 0.25) is 0 Å². The van der Waals surface area contributed by atoms with Crippen LogP contribution < -0.4 is 5.32 Å². The minimum Gasteiger partial charge on any atom is -0.350 e. The maximum atomic E-state index is 12.9. The predicted octanol–water partition coefficient (Wildman–Crippen LogP) is 5.66. The molecule has 0 radical (unpaired) electrons. The lowest BCUT2D eigenvalue weighted by atomic mass is 10.0. The molecule has 0 aliphatic heterocycles. The van der Waals surface area contributed by atoms with Crippen molar-refractivity contribution in [3.63, 3.8) is 0 Å². The Hall–Kier alpha value is -2.20. The summed E-state index contributed by atoms with van der Waals surface area (Å²) in [6.07, 6.45) is 4.57. The molecular formula is C21H24N2OS. The summed E-state index contributed by atoms with van der Waals surface area (Å²) in [7, 11) is 0. The van der Waals surface area contributed by atoms with Crippen molar-refractivity contribution >= 4 is 28.1 Å². The second-order valence-corrected chi connectivity index (χ2v) is 7.37. The van der Waals surface area contributed by atoms with Gasteiger partial charge in [-0.15, -0.1) is 11.3 Å². The van der Waals surface area contributed by atoms with Crippen LogP contribution in [-0.4, -0.2) is 16.9 Å². The monoisotopic (exact) mass is 352 g/mol. The summed E-state index contributed by atoms with van der Waals surface area (Å²) < 4.78 is 0. The molecule has 0 bridgehead atoms. The highest BCUT2D eigenvalue weighted by Gasteiger charge is 2.16. The molecule has 2 aromatic heterocycles. The minimum atomic E-state index is -0.0135.